The first kappa shape index (κ1) is 16.7. The van der Waals surface area contributed by atoms with Crippen molar-refractivity contribution in [2.45, 2.75) is 25.9 Å². The van der Waals surface area contributed by atoms with E-state index in [0.717, 1.165) is 38.0 Å². The van der Waals surface area contributed by atoms with Gasteiger partial charge in [0.15, 0.2) is 0 Å². The van der Waals surface area contributed by atoms with Crippen LogP contribution >= 0.6 is 0 Å². The van der Waals surface area contributed by atoms with E-state index in [9.17, 15) is 9.18 Å². The predicted molar refractivity (Wildman–Crippen MR) is 92.7 cm³/mol. The van der Waals surface area contributed by atoms with Crippen molar-refractivity contribution in [2.75, 3.05) is 13.1 Å². The van der Waals surface area contributed by atoms with E-state index >= 15 is 0 Å². The van der Waals surface area contributed by atoms with Gasteiger partial charge in [-0.25, -0.2) is 4.39 Å². The number of nitrogens with zero attached hydrogens (tertiary/aromatic N) is 1. The highest BCUT2D eigenvalue weighted by molar-refractivity contribution is 5.78. The van der Waals surface area contributed by atoms with Crippen LogP contribution in [-0.2, 0) is 17.9 Å². The molecule has 2 aromatic carbocycles. The molecule has 1 aliphatic heterocycles. The third-order valence-electron chi connectivity index (χ3n) is 4.59. The van der Waals surface area contributed by atoms with Gasteiger partial charge >= 0.3 is 0 Å². The SMILES string of the molecule is O=C(NCc1ccc(F)cc1)C1CCN(Cc2ccccc2)CC1. The number of carbonyl (C=O) groups is 1. The van der Waals surface area contributed by atoms with Crippen molar-refractivity contribution in [3.63, 3.8) is 0 Å². The summed E-state index contributed by atoms with van der Waals surface area (Å²) in [7, 11) is 0. The minimum absolute atomic E-state index is 0.0810. The van der Waals surface area contributed by atoms with E-state index < -0.39 is 0 Å². The number of halogens is 1. The summed E-state index contributed by atoms with van der Waals surface area (Å²) in [6.07, 6.45) is 1.78. The van der Waals surface area contributed by atoms with E-state index in [2.05, 4.69) is 34.5 Å². The molecular weight excluding hydrogens is 303 g/mol. The highest BCUT2D eigenvalue weighted by Crippen LogP contribution is 2.19. The fourth-order valence-corrected chi connectivity index (χ4v) is 3.13. The minimum atomic E-state index is -0.254. The molecule has 2 aromatic rings. The first-order chi connectivity index (χ1) is 11.7. The van der Waals surface area contributed by atoms with Gasteiger partial charge in [0.05, 0.1) is 0 Å². The van der Waals surface area contributed by atoms with Gasteiger partial charge in [0.2, 0.25) is 5.91 Å². The quantitative estimate of drug-likeness (QED) is 0.914. The van der Waals surface area contributed by atoms with Crippen molar-refractivity contribution < 1.29 is 9.18 Å². The zero-order chi connectivity index (χ0) is 16.8. The molecule has 1 saturated heterocycles. The number of nitrogens with one attached hydrogen (secondary N) is 1. The topological polar surface area (TPSA) is 32.3 Å². The van der Waals surface area contributed by atoms with Gasteiger partial charge in [-0.15, -0.1) is 0 Å². The molecule has 1 fully saturated rings. The molecule has 0 saturated carbocycles. The molecule has 0 bridgehead atoms. The smallest absolute Gasteiger partial charge is 0.223 e. The Hall–Kier alpha value is -2.20. The Kier molecular flexibility index (Phi) is 5.59. The molecule has 0 aromatic heterocycles. The van der Waals surface area contributed by atoms with Gasteiger partial charge in [0.1, 0.15) is 5.82 Å². The Morgan fingerprint density at radius 2 is 1.67 bits per heavy atom. The van der Waals surface area contributed by atoms with E-state index in [1.807, 2.05) is 6.07 Å². The molecule has 0 spiro atoms. The molecule has 0 unspecified atom stereocenters. The molecule has 4 heteroatoms. The number of likely N-dealkylation sites (tertiary alicyclic amines) is 1. The molecule has 0 atom stereocenters. The average molecular weight is 326 g/mol. The molecule has 3 rings (SSSR count). The molecular formula is C20H23FN2O. The highest BCUT2D eigenvalue weighted by Gasteiger charge is 2.24. The monoisotopic (exact) mass is 326 g/mol. The molecule has 24 heavy (non-hydrogen) atoms. The van der Waals surface area contributed by atoms with E-state index in [1.54, 1.807) is 12.1 Å². The number of amides is 1. The first-order valence-corrected chi connectivity index (χ1v) is 8.49. The van der Waals surface area contributed by atoms with Crippen LogP contribution in [0.3, 0.4) is 0 Å². The number of benzene rings is 2. The highest BCUT2D eigenvalue weighted by atomic mass is 19.1. The molecule has 3 nitrogen and oxygen atoms in total. The van der Waals surface area contributed by atoms with Gasteiger partial charge in [0, 0.05) is 19.0 Å². The largest absolute Gasteiger partial charge is 0.352 e. The van der Waals surface area contributed by atoms with Crippen molar-refractivity contribution in [3.8, 4) is 0 Å². The number of carbonyl (C=O) groups excluding carboxylic acids is 1. The Labute approximate surface area is 142 Å². The van der Waals surface area contributed by atoms with Crippen LogP contribution in [0.2, 0.25) is 0 Å². The van der Waals surface area contributed by atoms with E-state index in [1.165, 1.54) is 17.7 Å². The molecule has 0 radical (unpaired) electrons. The lowest BCUT2D eigenvalue weighted by atomic mass is 9.95. The second-order valence-electron chi connectivity index (χ2n) is 6.38. The first-order valence-electron chi connectivity index (χ1n) is 8.49. The van der Waals surface area contributed by atoms with Crippen LogP contribution in [-0.4, -0.2) is 23.9 Å². The second kappa shape index (κ2) is 8.06. The summed E-state index contributed by atoms with van der Waals surface area (Å²) >= 11 is 0. The van der Waals surface area contributed by atoms with Gasteiger partial charge in [-0.3, -0.25) is 9.69 Å². The lowest BCUT2D eigenvalue weighted by molar-refractivity contribution is -0.126. The van der Waals surface area contributed by atoms with Crippen molar-refractivity contribution in [2.24, 2.45) is 5.92 Å². The Bertz CT molecular complexity index is 649. The number of rotatable bonds is 5. The average Bonchev–Trinajstić information content (AvgIpc) is 2.62. The molecule has 1 heterocycles. The normalized spacial score (nSPS) is 16.0. The lowest BCUT2D eigenvalue weighted by Crippen LogP contribution is -2.40. The second-order valence-corrected chi connectivity index (χ2v) is 6.38. The van der Waals surface area contributed by atoms with Gasteiger partial charge in [0.25, 0.3) is 0 Å². The number of piperidine rings is 1. The summed E-state index contributed by atoms with van der Waals surface area (Å²) in [6, 6.07) is 16.7. The van der Waals surface area contributed by atoms with Crippen LogP contribution in [0.25, 0.3) is 0 Å². The zero-order valence-corrected chi connectivity index (χ0v) is 13.7. The van der Waals surface area contributed by atoms with Gasteiger partial charge in [-0.2, -0.15) is 0 Å². The van der Waals surface area contributed by atoms with Crippen LogP contribution in [0.5, 0.6) is 0 Å². The summed E-state index contributed by atoms with van der Waals surface area (Å²) in [4.78, 5) is 14.7. The van der Waals surface area contributed by atoms with Crippen molar-refractivity contribution in [1.82, 2.24) is 10.2 Å². The maximum Gasteiger partial charge on any atom is 0.223 e. The Morgan fingerprint density at radius 1 is 1.00 bits per heavy atom. The van der Waals surface area contributed by atoms with E-state index in [4.69, 9.17) is 0 Å². The Balaban J connectivity index is 1.42. The van der Waals surface area contributed by atoms with Gasteiger partial charge in [-0.05, 0) is 49.2 Å². The predicted octanol–water partition coefficient (Wildman–Crippen LogP) is 3.35. The molecule has 1 N–H and O–H groups in total. The van der Waals surface area contributed by atoms with Crippen LogP contribution in [0, 0.1) is 11.7 Å². The van der Waals surface area contributed by atoms with Gasteiger partial charge in [-0.1, -0.05) is 42.5 Å². The maximum absolute atomic E-state index is 12.9. The maximum atomic E-state index is 12.9. The van der Waals surface area contributed by atoms with Crippen LogP contribution in [0.15, 0.2) is 54.6 Å². The minimum Gasteiger partial charge on any atom is -0.352 e. The lowest BCUT2D eigenvalue weighted by Gasteiger charge is -2.31. The third kappa shape index (κ3) is 4.65. The summed E-state index contributed by atoms with van der Waals surface area (Å²) in [5, 5.41) is 2.97. The number of hydrogen-bond acceptors (Lipinski definition) is 2. The molecule has 0 aliphatic carbocycles. The number of hydrogen-bond donors (Lipinski definition) is 1. The van der Waals surface area contributed by atoms with Gasteiger partial charge < -0.3 is 5.32 Å². The van der Waals surface area contributed by atoms with Crippen molar-refractivity contribution in [1.29, 1.82) is 0 Å². The van der Waals surface area contributed by atoms with Crippen molar-refractivity contribution >= 4 is 5.91 Å². The molecule has 1 amide bonds. The molecule has 1 aliphatic rings. The summed E-state index contributed by atoms with van der Waals surface area (Å²) < 4.78 is 12.9. The Morgan fingerprint density at radius 3 is 2.33 bits per heavy atom. The molecule has 126 valence electrons. The summed E-state index contributed by atoms with van der Waals surface area (Å²) in [5.41, 5.74) is 2.24. The van der Waals surface area contributed by atoms with E-state index in [0.29, 0.717) is 6.54 Å². The summed E-state index contributed by atoms with van der Waals surface area (Å²) in [6.45, 7) is 3.31. The van der Waals surface area contributed by atoms with Crippen molar-refractivity contribution in [3.05, 3.63) is 71.5 Å². The van der Waals surface area contributed by atoms with Crippen LogP contribution in [0.4, 0.5) is 4.39 Å². The third-order valence-corrected chi connectivity index (χ3v) is 4.59. The van der Waals surface area contributed by atoms with Crippen LogP contribution < -0.4 is 5.32 Å². The fraction of sp³-hybridized carbons (Fsp3) is 0.350. The standard InChI is InChI=1S/C20H23FN2O/c21-19-8-6-16(7-9-19)14-22-20(24)18-10-12-23(13-11-18)15-17-4-2-1-3-5-17/h1-9,18H,10-15H2,(H,22,24). The summed E-state index contributed by atoms with van der Waals surface area (Å²) in [5.74, 6) is -0.0629. The fourth-order valence-electron chi connectivity index (χ4n) is 3.13. The van der Waals surface area contributed by atoms with Crippen LogP contribution in [0.1, 0.15) is 24.0 Å². The van der Waals surface area contributed by atoms with E-state index in [-0.39, 0.29) is 17.6 Å². The zero-order valence-electron chi connectivity index (χ0n) is 13.7.